The number of nitrogens with zero attached hydrogens (tertiary/aromatic N) is 1. The summed E-state index contributed by atoms with van der Waals surface area (Å²) in [6.45, 7) is 9.89. The first-order valence-electron chi connectivity index (χ1n) is 7.33. The van der Waals surface area contributed by atoms with Gasteiger partial charge in [0.2, 0.25) is 0 Å². The molecule has 1 N–H and O–H groups in total. The third-order valence-electron chi connectivity index (χ3n) is 4.50. The largest absolute Gasteiger partial charge is 0.495 e. The van der Waals surface area contributed by atoms with Crippen molar-refractivity contribution in [2.24, 2.45) is 0 Å². The van der Waals surface area contributed by atoms with Gasteiger partial charge in [0.05, 0.1) is 12.8 Å². The molecule has 0 saturated heterocycles. The van der Waals surface area contributed by atoms with E-state index in [9.17, 15) is 9.90 Å². The van der Waals surface area contributed by atoms with Crippen molar-refractivity contribution in [3.63, 3.8) is 0 Å². The Labute approximate surface area is 126 Å². The van der Waals surface area contributed by atoms with Gasteiger partial charge >= 0.3 is 5.97 Å². The van der Waals surface area contributed by atoms with E-state index in [1.54, 1.807) is 21.0 Å². The van der Waals surface area contributed by atoms with Gasteiger partial charge in [-0.2, -0.15) is 0 Å². The Morgan fingerprint density at radius 2 is 2.05 bits per heavy atom. The second-order valence-electron chi connectivity index (χ2n) is 7.02. The maximum atomic E-state index is 11.8. The smallest absolute Gasteiger partial charge is 0.328 e. The van der Waals surface area contributed by atoms with Crippen molar-refractivity contribution < 1.29 is 14.6 Å². The van der Waals surface area contributed by atoms with Crippen LogP contribution in [-0.2, 0) is 4.79 Å². The molecule has 1 aliphatic heterocycles. The van der Waals surface area contributed by atoms with Crippen molar-refractivity contribution in [1.82, 2.24) is 0 Å². The lowest BCUT2D eigenvalue weighted by Crippen LogP contribution is -2.62. The molecule has 0 radical (unpaired) electrons. The van der Waals surface area contributed by atoms with Gasteiger partial charge in [-0.25, -0.2) is 4.79 Å². The molecule has 0 fully saturated rings. The minimum absolute atomic E-state index is 0.261. The number of hydrogen-bond donors (Lipinski definition) is 1. The molecule has 1 aromatic rings. The van der Waals surface area contributed by atoms with E-state index in [1.807, 2.05) is 17.0 Å². The van der Waals surface area contributed by atoms with E-state index in [0.29, 0.717) is 5.92 Å². The van der Waals surface area contributed by atoms with Crippen molar-refractivity contribution in [1.29, 1.82) is 0 Å². The maximum absolute atomic E-state index is 11.8. The molecular formula is C17H25NO3. The summed E-state index contributed by atoms with van der Waals surface area (Å²) >= 11 is 0. The van der Waals surface area contributed by atoms with Gasteiger partial charge in [0, 0.05) is 5.54 Å². The molecule has 1 aromatic carbocycles. The molecule has 0 bridgehead atoms. The second-order valence-corrected chi connectivity index (χ2v) is 7.02. The molecule has 1 atom stereocenters. The van der Waals surface area contributed by atoms with Crippen LogP contribution in [0.1, 0.15) is 52.5 Å². The number of fused-ring (bicyclic) bond motifs is 1. The van der Waals surface area contributed by atoms with Gasteiger partial charge in [-0.1, -0.05) is 19.1 Å². The van der Waals surface area contributed by atoms with E-state index >= 15 is 0 Å². The summed E-state index contributed by atoms with van der Waals surface area (Å²) in [4.78, 5) is 13.8. The van der Waals surface area contributed by atoms with Crippen LogP contribution < -0.4 is 9.64 Å². The molecule has 1 aliphatic rings. The number of carboxylic acid groups (broad SMARTS) is 1. The number of anilines is 1. The zero-order chi connectivity index (χ0) is 16.0. The summed E-state index contributed by atoms with van der Waals surface area (Å²) in [7, 11) is 1.63. The van der Waals surface area contributed by atoms with Crippen LogP contribution in [0.3, 0.4) is 0 Å². The Morgan fingerprint density at radius 1 is 1.43 bits per heavy atom. The third-order valence-corrected chi connectivity index (χ3v) is 4.50. The normalized spacial score (nSPS) is 20.9. The fourth-order valence-corrected chi connectivity index (χ4v) is 3.73. The van der Waals surface area contributed by atoms with E-state index in [1.165, 1.54) is 0 Å². The molecule has 116 valence electrons. The average Bonchev–Trinajstić information content (AvgIpc) is 2.36. The van der Waals surface area contributed by atoms with Crippen LogP contribution in [0.4, 0.5) is 5.69 Å². The number of benzene rings is 1. The Hall–Kier alpha value is -1.71. The van der Waals surface area contributed by atoms with Gasteiger partial charge in [-0.15, -0.1) is 0 Å². The number of para-hydroxylation sites is 1. The van der Waals surface area contributed by atoms with E-state index in [2.05, 4.69) is 26.8 Å². The Morgan fingerprint density at radius 3 is 2.57 bits per heavy atom. The molecule has 21 heavy (non-hydrogen) atoms. The summed E-state index contributed by atoms with van der Waals surface area (Å²) < 4.78 is 5.52. The van der Waals surface area contributed by atoms with Gasteiger partial charge in [-0.3, -0.25) is 0 Å². The number of aliphatic carboxylic acids is 1. The first kappa shape index (κ1) is 15.7. The van der Waals surface area contributed by atoms with Crippen LogP contribution in [0.2, 0.25) is 0 Å². The van der Waals surface area contributed by atoms with Crippen LogP contribution in [0.15, 0.2) is 18.2 Å². The zero-order valence-corrected chi connectivity index (χ0v) is 13.7. The van der Waals surface area contributed by atoms with Crippen molar-refractivity contribution in [2.45, 2.75) is 58.0 Å². The topological polar surface area (TPSA) is 49.8 Å². The lowest BCUT2D eigenvalue weighted by molar-refractivity contribution is -0.142. The van der Waals surface area contributed by atoms with E-state index < -0.39 is 11.5 Å². The van der Waals surface area contributed by atoms with Gasteiger partial charge < -0.3 is 14.7 Å². The number of rotatable bonds is 3. The molecular weight excluding hydrogens is 266 g/mol. The molecule has 0 aromatic heterocycles. The number of hydrogen-bond acceptors (Lipinski definition) is 3. The highest BCUT2D eigenvalue weighted by atomic mass is 16.5. The minimum Gasteiger partial charge on any atom is -0.495 e. The molecule has 0 saturated carbocycles. The minimum atomic E-state index is -1.01. The highest BCUT2D eigenvalue weighted by Crippen LogP contribution is 2.50. The second kappa shape index (κ2) is 4.93. The molecule has 1 heterocycles. The first-order valence-corrected chi connectivity index (χ1v) is 7.33. The molecule has 4 nitrogen and oxygen atoms in total. The number of methoxy groups -OCH3 is 1. The van der Waals surface area contributed by atoms with Gasteiger partial charge in [0.15, 0.2) is 0 Å². The van der Waals surface area contributed by atoms with Crippen LogP contribution in [0, 0.1) is 0 Å². The zero-order valence-electron chi connectivity index (χ0n) is 13.7. The van der Waals surface area contributed by atoms with E-state index in [-0.39, 0.29) is 5.54 Å². The van der Waals surface area contributed by atoms with Crippen molar-refractivity contribution in [2.75, 3.05) is 12.0 Å². The van der Waals surface area contributed by atoms with Gasteiger partial charge in [0.1, 0.15) is 11.3 Å². The summed E-state index contributed by atoms with van der Waals surface area (Å²) in [5.41, 5.74) is 0.801. The number of ether oxygens (including phenoxy) is 1. The molecule has 0 amide bonds. The predicted octanol–water partition coefficient (Wildman–Crippen LogP) is 3.65. The van der Waals surface area contributed by atoms with Crippen LogP contribution >= 0.6 is 0 Å². The van der Waals surface area contributed by atoms with Crippen molar-refractivity contribution in [3.05, 3.63) is 23.8 Å². The van der Waals surface area contributed by atoms with Gasteiger partial charge in [-0.05, 0) is 51.7 Å². The van der Waals surface area contributed by atoms with Crippen molar-refractivity contribution >= 4 is 11.7 Å². The summed E-state index contributed by atoms with van der Waals surface area (Å²) in [6, 6.07) is 5.94. The Bertz CT molecular complexity index is 563. The third kappa shape index (κ3) is 2.37. The SMILES string of the molecule is COc1cccc2c1N(C(C)(C)C(=O)O)C(C)(C)CC2C. The summed E-state index contributed by atoms with van der Waals surface area (Å²) in [5, 5.41) is 9.70. The van der Waals surface area contributed by atoms with Crippen LogP contribution in [0.5, 0.6) is 5.75 Å². The monoisotopic (exact) mass is 291 g/mol. The fraction of sp³-hybridized carbons (Fsp3) is 0.588. The number of carboxylic acids is 1. The van der Waals surface area contributed by atoms with Gasteiger partial charge in [0.25, 0.3) is 0 Å². The molecule has 4 heteroatoms. The number of carbonyl (C=O) groups is 1. The lowest BCUT2D eigenvalue weighted by atomic mass is 9.77. The molecule has 2 rings (SSSR count). The lowest BCUT2D eigenvalue weighted by Gasteiger charge is -2.53. The summed E-state index contributed by atoms with van der Waals surface area (Å²) in [6.07, 6.45) is 0.907. The van der Waals surface area contributed by atoms with Crippen molar-refractivity contribution in [3.8, 4) is 5.75 Å². The summed E-state index contributed by atoms with van der Waals surface area (Å²) in [5.74, 6) is 0.273. The maximum Gasteiger partial charge on any atom is 0.328 e. The molecule has 0 spiro atoms. The first-order chi connectivity index (χ1) is 9.63. The van der Waals surface area contributed by atoms with Crippen LogP contribution in [-0.4, -0.2) is 29.3 Å². The Balaban J connectivity index is 2.75. The van der Waals surface area contributed by atoms with Crippen LogP contribution in [0.25, 0.3) is 0 Å². The Kier molecular flexibility index (Phi) is 3.68. The highest BCUT2D eigenvalue weighted by Gasteiger charge is 2.48. The molecule has 0 aliphatic carbocycles. The van der Waals surface area contributed by atoms with E-state index in [0.717, 1.165) is 23.4 Å². The molecule has 1 unspecified atom stereocenters. The fourth-order valence-electron chi connectivity index (χ4n) is 3.73. The van der Waals surface area contributed by atoms with E-state index in [4.69, 9.17) is 4.74 Å². The standard InChI is InChI=1S/C17H25NO3/c1-11-10-16(2,3)18(17(4,5)15(19)20)14-12(11)8-7-9-13(14)21-6/h7-9,11H,10H2,1-6H3,(H,19,20). The highest BCUT2D eigenvalue weighted by molar-refractivity contribution is 5.85. The quantitative estimate of drug-likeness (QED) is 0.923. The average molecular weight is 291 g/mol. The predicted molar refractivity (Wildman–Crippen MR) is 84.3 cm³/mol.